The van der Waals surface area contributed by atoms with Crippen LogP contribution in [0.2, 0.25) is 0 Å². The zero-order valence-corrected chi connectivity index (χ0v) is 13.0. The Bertz CT molecular complexity index is 739. The van der Waals surface area contributed by atoms with Crippen LogP contribution in [0, 0.1) is 11.8 Å². The van der Waals surface area contributed by atoms with E-state index in [1.165, 1.54) is 0 Å². The van der Waals surface area contributed by atoms with Gasteiger partial charge in [-0.15, -0.1) is 0 Å². The van der Waals surface area contributed by atoms with Crippen molar-refractivity contribution >= 4 is 28.5 Å². The molecule has 23 heavy (non-hydrogen) atoms. The minimum absolute atomic E-state index is 0.183. The van der Waals surface area contributed by atoms with Gasteiger partial charge in [-0.1, -0.05) is 43.3 Å². The number of carboxylic acids is 1. The molecule has 0 saturated carbocycles. The van der Waals surface area contributed by atoms with E-state index in [4.69, 9.17) is 0 Å². The van der Waals surface area contributed by atoms with Crippen LogP contribution >= 0.6 is 0 Å². The molecular formula is C18H20N2O3. The molecule has 2 unspecified atom stereocenters. The number of anilines is 1. The predicted octanol–water partition coefficient (Wildman–Crippen LogP) is 3.41. The highest BCUT2D eigenvalue weighted by Gasteiger charge is 2.31. The monoisotopic (exact) mass is 312 g/mol. The smallest absolute Gasteiger partial charge is 0.321 e. The molecule has 120 valence electrons. The summed E-state index contributed by atoms with van der Waals surface area (Å²) in [7, 11) is 0. The van der Waals surface area contributed by atoms with Crippen LogP contribution in [0.4, 0.5) is 10.5 Å². The second-order valence-corrected chi connectivity index (χ2v) is 6.24. The lowest BCUT2D eigenvalue weighted by Crippen LogP contribution is -2.47. The van der Waals surface area contributed by atoms with E-state index in [1.54, 1.807) is 4.90 Å². The Kier molecular flexibility index (Phi) is 4.19. The third-order valence-electron chi connectivity index (χ3n) is 4.33. The van der Waals surface area contributed by atoms with Crippen LogP contribution in [0.3, 0.4) is 0 Å². The fraction of sp³-hybridized carbons (Fsp3) is 0.333. The van der Waals surface area contributed by atoms with E-state index < -0.39 is 11.9 Å². The number of carboxylic acid groups (broad SMARTS) is 1. The first-order valence-corrected chi connectivity index (χ1v) is 7.81. The lowest BCUT2D eigenvalue weighted by molar-refractivity contribution is -0.143. The number of amides is 2. The second-order valence-electron chi connectivity index (χ2n) is 6.24. The van der Waals surface area contributed by atoms with Crippen molar-refractivity contribution in [2.45, 2.75) is 13.3 Å². The average Bonchev–Trinajstić information content (AvgIpc) is 2.54. The molecule has 2 aromatic carbocycles. The van der Waals surface area contributed by atoms with Gasteiger partial charge in [0.1, 0.15) is 0 Å². The van der Waals surface area contributed by atoms with E-state index in [0.717, 1.165) is 16.5 Å². The standard InChI is InChI=1S/C18H20N2O3/c1-12-9-14(17(21)22)11-20(10-12)18(23)19-16-8-4-6-13-5-2-3-7-15(13)16/h2-8,12,14H,9-11H2,1H3,(H,19,23)(H,21,22). The highest BCUT2D eigenvalue weighted by atomic mass is 16.4. The number of aliphatic carboxylic acids is 1. The SMILES string of the molecule is CC1CC(C(=O)O)CN(C(=O)Nc2cccc3ccccc23)C1. The number of piperidine rings is 1. The molecule has 2 amide bonds. The zero-order valence-electron chi connectivity index (χ0n) is 13.0. The molecular weight excluding hydrogens is 292 g/mol. The van der Waals surface area contributed by atoms with Crippen LogP contribution in [-0.2, 0) is 4.79 Å². The minimum atomic E-state index is -0.834. The Labute approximate surface area is 134 Å². The van der Waals surface area contributed by atoms with E-state index in [-0.39, 0.29) is 18.5 Å². The Morgan fingerprint density at radius 2 is 1.87 bits per heavy atom. The molecule has 0 aromatic heterocycles. The molecule has 1 heterocycles. The number of hydrogen-bond acceptors (Lipinski definition) is 2. The number of carbonyl (C=O) groups is 2. The number of carbonyl (C=O) groups excluding carboxylic acids is 1. The van der Waals surface area contributed by atoms with Gasteiger partial charge in [-0.2, -0.15) is 0 Å². The van der Waals surface area contributed by atoms with Crippen molar-refractivity contribution in [2.24, 2.45) is 11.8 Å². The van der Waals surface area contributed by atoms with E-state index in [0.29, 0.717) is 13.0 Å². The maximum absolute atomic E-state index is 12.5. The molecule has 5 heteroatoms. The molecule has 3 rings (SSSR count). The van der Waals surface area contributed by atoms with E-state index >= 15 is 0 Å². The Hall–Kier alpha value is -2.56. The van der Waals surface area contributed by atoms with Crippen molar-refractivity contribution in [3.8, 4) is 0 Å². The number of urea groups is 1. The van der Waals surface area contributed by atoms with Gasteiger partial charge in [0.2, 0.25) is 0 Å². The maximum Gasteiger partial charge on any atom is 0.321 e. The topological polar surface area (TPSA) is 69.6 Å². The molecule has 0 aliphatic carbocycles. The maximum atomic E-state index is 12.5. The van der Waals surface area contributed by atoms with Gasteiger partial charge in [-0.3, -0.25) is 4.79 Å². The molecule has 5 nitrogen and oxygen atoms in total. The Morgan fingerprint density at radius 3 is 2.65 bits per heavy atom. The number of fused-ring (bicyclic) bond motifs is 1. The van der Waals surface area contributed by atoms with Gasteiger partial charge in [0.25, 0.3) is 0 Å². The number of rotatable bonds is 2. The lowest BCUT2D eigenvalue weighted by Gasteiger charge is -2.34. The molecule has 1 aliphatic rings. The third kappa shape index (κ3) is 3.28. The van der Waals surface area contributed by atoms with Gasteiger partial charge in [-0.25, -0.2) is 4.79 Å². The molecule has 1 aliphatic heterocycles. The summed E-state index contributed by atoms with van der Waals surface area (Å²) >= 11 is 0. The molecule has 2 aromatic rings. The summed E-state index contributed by atoms with van der Waals surface area (Å²) in [5.41, 5.74) is 0.748. The molecule has 2 N–H and O–H groups in total. The summed E-state index contributed by atoms with van der Waals surface area (Å²) in [4.78, 5) is 25.4. The molecule has 0 radical (unpaired) electrons. The van der Waals surface area contributed by atoms with Gasteiger partial charge in [0, 0.05) is 18.5 Å². The molecule has 2 atom stereocenters. The molecule has 1 saturated heterocycles. The van der Waals surface area contributed by atoms with Gasteiger partial charge in [0.15, 0.2) is 0 Å². The van der Waals surface area contributed by atoms with E-state index in [9.17, 15) is 14.7 Å². The summed E-state index contributed by atoms with van der Waals surface area (Å²) in [6.07, 6.45) is 0.618. The summed E-state index contributed by atoms with van der Waals surface area (Å²) in [6.45, 7) is 2.82. The second kappa shape index (κ2) is 6.28. The van der Waals surface area contributed by atoms with Crippen molar-refractivity contribution in [1.82, 2.24) is 4.90 Å². The number of hydrogen-bond donors (Lipinski definition) is 2. The van der Waals surface area contributed by atoms with Crippen LogP contribution in [0.15, 0.2) is 42.5 Å². The van der Waals surface area contributed by atoms with Crippen LogP contribution in [0.5, 0.6) is 0 Å². The minimum Gasteiger partial charge on any atom is -0.481 e. The summed E-state index contributed by atoms with van der Waals surface area (Å²) < 4.78 is 0. The fourth-order valence-corrected chi connectivity index (χ4v) is 3.22. The number of likely N-dealkylation sites (tertiary alicyclic amines) is 1. The van der Waals surface area contributed by atoms with Gasteiger partial charge < -0.3 is 15.3 Å². The van der Waals surface area contributed by atoms with Crippen LogP contribution in [0.1, 0.15) is 13.3 Å². The average molecular weight is 312 g/mol. The molecule has 1 fully saturated rings. The van der Waals surface area contributed by atoms with Crippen molar-refractivity contribution in [3.63, 3.8) is 0 Å². The van der Waals surface area contributed by atoms with E-state index in [2.05, 4.69) is 5.32 Å². The Balaban J connectivity index is 1.79. The predicted molar refractivity (Wildman–Crippen MR) is 89.4 cm³/mol. The molecule has 0 spiro atoms. The lowest BCUT2D eigenvalue weighted by atomic mass is 9.91. The summed E-state index contributed by atoms with van der Waals surface area (Å²) in [6, 6.07) is 13.4. The van der Waals surface area contributed by atoms with Gasteiger partial charge >= 0.3 is 12.0 Å². The van der Waals surface area contributed by atoms with Gasteiger partial charge in [0.05, 0.1) is 11.6 Å². The number of nitrogens with one attached hydrogen (secondary N) is 1. The third-order valence-corrected chi connectivity index (χ3v) is 4.33. The Morgan fingerprint density at radius 1 is 1.13 bits per heavy atom. The van der Waals surface area contributed by atoms with Crippen LogP contribution in [-0.4, -0.2) is 35.1 Å². The summed E-state index contributed by atoms with van der Waals surface area (Å²) in [5, 5.41) is 14.2. The van der Waals surface area contributed by atoms with Crippen molar-refractivity contribution < 1.29 is 14.7 Å². The number of nitrogens with zero attached hydrogens (tertiary/aromatic N) is 1. The number of benzene rings is 2. The van der Waals surface area contributed by atoms with Crippen LogP contribution in [0.25, 0.3) is 10.8 Å². The first kappa shape index (κ1) is 15.3. The van der Waals surface area contributed by atoms with E-state index in [1.807, 2.05) is 49.4 Å². The first-order chi connectivity index (χ1) is 11.0. The highest BCUT2D eigenvalue weighted by molar-refractivity contribution is 6.01. The summed E-state index contributed by atoms with van der Waals surface area (Å²) in [5.74, 6) is -1.14. The van der Waals surface area contributed by atoms with Crippen molar-refractivity contribution in [1.29, 1.82) is 0 Å². The fourth-order valence-electron chi connectivity index (χ4n) is 3.22. The van der Waals surface area contributed by atoms with Gasteiger partial charge in [-0.05, 0) is 23.8 Å². The normalized spacial score (nSPS) is 21.2. The first-order valence-electron chi connectivity index (χ1n) is 7.81. The largest absolute Gasteiger partial charge is 0.481 e. The molecule has 0 bridgehead atoms. The van der Waals surface area contributed by atoms with Crippen molar-refractivity contribution in [3.05, 3.63) is 42.5 Å². The zero-order chi connectivity index (χ0) is 16.4. The van der Waals surface area contributed by atoms with Crippen LogP contribution < -0.4 is 5.32 Å². The van der Waals surface area contributed by atoms with Crippen molar-refractivity contribution in [2.75, 3.05) is 18.4 Å². The quantitative estimate of drug-likeness (QED) is 0.892. The highest BCUT2D eigenvalue weighted by Crippen LogP contribution is 2.25.